The fourth-order valence-electron chi connectivity index (χ4n) is 1.96. The lowest BCUT2D eigenvalue weighted by Gasteiger charge is -2.28. The Hall–Kier alpha value is -0.490. The molecule has 2 rings (SSSR count). The van der Waals surface area contributed by atoms with Gasteiger partial charge < -0.3 is 15.0 Å². The largest absolute Gasteiger partial charge is 0.368 e. The van der Waals surface area contributed by atoms with Gasteiger partial charge in [0.1, 0.15) is 11.1 Å². The van der Waals surface area contributed by atoms with Crippen molar-refractivity contribution in [3.8, 4) is 0 Å². The summed E-state index contributed by atoms with van der Waals surface area (Å²) in [7, 11) is 2.13. The van der Waals surface area contributed by atoms with Crippen molar-refractivity contribution >= 4 is 11.3 Å². The highest BCUT2D eigenvalue weighted by Gasteiger charge is 2.22. The molecule has 1 saturated heterocycles. The predicted octanol–water partition coefficient (Wildman–Crippen LogP) is 1.89. The van der Waals surface area contributed by atoms with E-state index in [1.165, 1.54) is 4.88 Å². The first-order chi connectivity index (χ1) is 8.65. The molecule has 0 aromatic carbocycles. The Morgan fingerprint density at radius 3 is 3.17 bits per heavy atom. The summed E-state index contributed by atoms with van der Waals surface area (Å²) < 4.78 is 5.78. The van der Waals surface area contributed by atoms with Crippen LogP contribution in [0, 0.1) is 5.92 Å². The summed E-state index contributed by atoms with van der Waals surface area (Å²) >= 11 is 1.77. The molecular weight excluding hydrogens is 246 g/mol. The molecule has 0 spiro atoms. The van der Waals surface area contributed by atoms with Crippen molar-refractivity contribution < 1.29 is 4.74 Å². The average Bonchev–Trinajstić information content (AvgIpc) is 2.77. The highest BCUT2D eigenvalue weighted by molar-refractivity contribution is 7.11. The first-order valence-corrected chi connectivity index (χ1v) is 7.42. The summed E-state index contributed by atoms with van der Waals surface area (Å²) in [5.41, 5.74) is 0. The van der Waals surface area contributed by atoms with Crippen LogP contribution in [0.1, 0.15) is 29.8 Å². The van der Waals surface area contributed by atoms with E-state index in [0.29, 0.717) is 5.92 Å². The lowest BCUT2D eigenvalue weighted by atomic mass is 10.2. The standard InChI is InChI=1S/C13H23N3OS/c1-10(2)6-14-7-11-8-15-13(18-11)12-9-16(3)4-5-17-12/h8,10,12,14H,4-7,9H2,1-3H3. The van der Waals surface area contributed by atoms with E-state index in [9.17, 15) is 0 Å². The second-order valence-electron chi connectivity index (χ2n) is 5.31. The number of morpholine rings is 1. The van der Waals surface area contributed by atoms with Gasteiger partial charge in [0.2, 0.25) is 0 Å². The van der Waals surface area contributed by atoms with Crippen LogP contribution in [-0.4, -0.2) is 43.2 Å². The average molecular weight is 269 g/mol. The molecule has 1 aliphatic rings. The maximum Gasteiger partial charge on any atom is 0.123 e. The van der Waals surface area contributed by atoms with Crippen LogP contribution in [0.25, 0.3) is 0 Å². The first kappa shape index (κ1) is 13.9. The Morgan fingerprint density at radius 2 is 2.44 bits per heavy atom. The number of ether oxygens (including phenoxy) is 1. The highest BCUT2D eigenvalue weighted by atomic mass is 32.1. The summed E-state index contributed by atoms with van der Waals surface area (Å²) in [5, 5.41) is 4.56. The van der Waals surface area contributed by atoms with Gasteiger partial charge in [0.15, 0.2) is 0 Å². The minimum absolute atomic E-state index is 0.160. The summed E-state index contributed by atoms with van der Waals surface area (Å²) in [6.45, 7) is 9.18. The summed E-state index contributed by atoms with van der Waals surface area (Å²) in [4.78, 5) is 8.09. The molecule has 102 valence electrons. The van der Waals surface area contributed by atoms with Crippen molar-refractivity contribution in [1.29, 1.82) is 0 Å². The van der Waals surface area contributed by atoms with E-state index in [0.717, 1.165) is 37.8 Å². The Morgan fingerprint density at radius 1 is 1.61 bits per heavy atom. The minimum Gasteiger partial charge on any atom is -0.368 e. The third-order valence-corrected chi connectivity index (χ3v) is 4.06. The second kappa shape index (κ2) is 6.61. The van der Waals surface area contributed by atoms with Crippen molar-refractivity contribution in [2.45, 2.75) is 26.5 Å². The second-order valence-corrected chi connectivity index (χ2v) is 6.46. The molecule has 18 heavy (non-hydrogen) atoms. The lowest BCUT2D eigenvalue weighted by Crippen LogP contribution is -2.35. The van der Waals surface area contributed by atoms with Crippen molar-refractivity contribution in [3.63, 3.8) is 0 Å². The lowest BCUT2D eigenvalue weighted by molar-refractivity contribution is -0.0209. The van der Waals surface area contributed by atoms with Gasteiger partial charge in [0, 0.05) is 30.7 Å². The fourth-order valence-corrected chi connectivity index (χ4v) is 2.89. The molecule has 0 amide bonds. The predicted molar refractivity (Wildman–Crippen MR) is 74.8 cm³/mol. The first-order valence-electron chi connectivity index (χ1n) is 6.60. The Kier molecular flexibility index (Phi) is 5.12. The zero-order valence-corrected chi connectivity index (χ0v) is 12.3. The van der Waals surface area contributed by atoms with Gasteiger partial charge >= 0.3 is 0 Å². The van der Waals surface area contributed by atoms with Gasteiger partial charge in [0.05, 0.1) is 6.61 Å². The number of likely N-dealkylation sites (N-methyl/N-ethyl adjacent to an activating group) is 1. The van der Waals surface area contributed by atoms with E-state index in [-0.39, 0.29) is 6.10 Å². The summed E-state index contributed by atoms with van der Waals surface area (Å²) in [5.74, 6) is 0.688. The number of hydrogen-bond donors (Lipinski definition) is 1. The Bertz CT molecular complexity index is 367. The molecule has 2 heterocycles. The molecule has 1 aromatic rings. The van der Waals surface area contributed by atoms with Crippen LogP contribution in [-0.2, 0) is 11.3 Å². The normalized spacial score (nSPS) is 21.7. The van der Waals surface area contributed by atoms with Crippen LogP contribution in [0.5, 0.6) is 0 Å². The molecule has 0 bridgehead atoms. The number of aromatic nitrogens is 1. The van der Waals surface area contributed by atoms with Crippen molar-refractivity contribution in [1.82, 2.24) is 15.2 Å². The van der Waals surface area contributed by atoms with Gasteiger partial charge in [-0.25, -0.2) is 4.98 Å². The van der Waals surface area contributed by atoms with E-state index >= 15 is 0 Å². The Balaban J connectivity index is 1.85. The topological polar surface area (TPSA) is 37.4 Å². The zero-order chi connectivity index (χ0) is 13.0. The maximum absolute atomic E-state index is 5.78. The maximum atomic E-state index is 5.78. The van der Waals surface area contributed by atoms with Crippen LogP contribution < -0.4 is 5.32 Å². The number of nitrogens with zero attached hydrogens (tertiary/aromatic N) is 2. The van der Waals surface area contributed by atoms with E-state index < -0.39 is 0 Å². The van der Waals surface area contributed by atoms with Gasteiger partial charge in [0.25, 0.3) is 0 Å². The molecule has 0 aliphatic carbocycles. The van der Waals surface area contributed by atoms with Crippen LogP contribution in [0.3, 0.4) is 0 Å². The van der Waals surface area contributed by atoms with Crippen LogP contribution in [0.4, 0.5) is 0 Å². The molecule has 1 aromatic heterocycles. The van der Waals surface area contributed by atoms with Crippen LogP contribution in [0.15, 0.2) is 6.20 Å². The van der Waals surface area contributed by atoms with Crippen LogP contribution >= 0.6 is 11.3 Å². The molecule has 1 fully saturated rings. The summed E-state index contributed by atoms with van der Waals surface area (Å²) in [6.07, 6.45) is 2.14. The highest BCUT2D eigenvalue weighted by Crippen LogP contribution is 2.25. The van der Waals surface area contributed by atoms with E-state index in [4.69, 9.17) is 4.74 Å². The van der Waals surface area contributed by atoms with Crippen molar-refractivity contribution in [2.24, 2.45) is 5.92 Å². The number of rotatable bonds is 5. The number of thiazole rings is 1. The molecule has 4 nitrogen and oxygen atoms in total. The fraction of sp³-hybridized carbons (Fsp3) is 0.769. The number of hydrogen-bond acceptors (Lipinski definition) is 5. The third-order valence-electron chi connectivity index (χ3n) is 2.97. The molecule has 0 radical (unpaired) electrons. The van der Waals surface area contributed by atoms with Gasteiger partial charge in [-0.05, 0) is 19.5 Å². The van der Waals surface area contributed by atoms with Gasteiger partial charge in [-0.1, -0.05) is 13.8 Å². The zero-order valence-electron chi connectivity index (χ0n) is 11.5. The number of nitrogens with one attached hydrogen (secondary N) is 1. The van der Waals surface area contributed by atoms with Gasteiger partial charge in [-0.3, -0.25) is 0 Å². The molecule has 1 unspecified atom stereocenters. The van der Waals surface area contributed by atoms with Crippen LogP contribution in [0.2, 0.25) is 0 Å². The third kappa shape index (κ3) is 4.02. The molecule has 1 aliphatic heterocycles. The smallest absolute Gasteiger partial charge is 0.123 e. The molecule has 0 saturated carbocycles. The van der Waals surface area contributed by atoms with Gasteiger partial charge in [-0.15, -0.1) is 11.3 Å². The van der Waals surface area contributed by atoms with E-state index in [1.807, 2.05) is 6.20 Å². The van der Waals surface area contributed by atoms with Crippen molar-refractivity contribution in [2.75, 3.05) is 33.3 Å². The molecule has 1 atom stereocenters. The van der Waals surface area contributed by atoms with E-state index in [1.54, 1.807) is 11.3 Å². The van der Waals surface area contributed by atoms with Gasteiger partial charge in [-0.2, -0.15) is 0 Å². The SMILES string of the molecule is CC(C)CNCc1cnc(C2CN(C)CCO2)s1. The Labute approximate surface area is 113 Å². The summed E-state index contributed by atoms with van der Waals surface area (Å²) in [6, 6.07) is 0. The minimum atomic E-state index is 0.160. The van der Waals surface area contributed by atoms with Crippen molar-refractivity contribution in [3.05, 3.63) is 16.1 Å². The molecule has 5 heteroatoms. The molecule has 1 N–H and O–H groups in total. The molecular formula is C13H23N3OS. The quantitative estimate of drug-likeness (QED) is 0.886. The van der Waals surface area contributed by atoms with E-state index in [2.05, 4.69) is 36.1 Å². The monoisotopic (exact) mass is 269 g/mol.